The first kappa shape index (κ1) is 25.4. The zero-order valence-corrected chi connectivity index (χ0v) is 19.9. The number of hydrogen-bond donors (Lipinski definition) is 0. The molecular weight excluding hydrogens is 392 g/mol. The van der Waals surface area contributed by atoms with Gasteiger partial charge in [0.2, 0.25) is 0 Å². The molecule has 32 heavy (non-hydrogen) atoms. The largest absolute Gasteiger partial charge is 0.494 e. The van der Waals surface area contributed by atoms with E-state index < -0.39 is 0 Å². The third kappa shape index (κ3) is 11.5. The lowest BCUT2D eigenvalue weighted by molar-refractivity contribution is 0.304. The van der Waals surface area contributed by atoms with E-state index in [1.54, 1.807) is 0 Å². The average Bonchev–Trinajstić information content (AvgIpc) is 2.83. The summed E-state index contributed by atoms with van der Waals surface area (Å²) in [5.41, 5.74) is 1.88. The Hall–Kier alpha value is -2.84. The van der Waals surface area contributed by atoms with Crippen molar-refractivity contribution < 1.29 is 9.47 Å². The van der Waals surface area contributed by atoms with Crippen LogP contribution in [-0.4, -0.2) is 13.2 Å². The Balaban J connectivity index is 1.70. The summed E-state index contributed by atoms with van der Waals surface area (Å²) in [6, 6.07) is 15.8. The summed E-state index contributed by atoms with van der Waals surface area (Å²) in [7, 11) is 0. The molecule has 0 amide bonds. The van der Waals surface area contributed by atoms with Crippen molar-refractivity contribution in [2.24, 2.45) is 0 Å². The topological polar surface area (TPSA) is 18.5 Å². The minimum atomic E-state index is 0.781. The molecule has 0 saturated heterocycles. The van der Waals surface area contributed by atoms with Crippen LogP contribution in [0.5, 0.6) is 11.5 Å². The van der Waals surface area contributed by atoms with Crippen molar-refractivity contribution in [2.45, 2.75) is 78.1 Å². The van der Waals surface area contributed by atoms with Crippen molar-refractivity contribution in [3.63, 3.8) is 0 Å². The van der Waals surface area contributed by atoms with Crippen LogP contribution in [-0.2, 0) is 0 Å². The van der Waals surface area contributed by atoms with E-state index >= 15 is 0 Å². The van der Waals surface area contributed by atoms with Crippen molar-refractivity contribution in [3.8, 4) is 35.2 Å². The summed E-state index contributed by atoms with van der Waals surface area (Å²) in [6.45, 7) is 6.03. The smallest absolute Gasteiger partial charge is 0.119 e. The minimum Gasteiger partial charge on any atom is -0.494 e. The van der Waals surface area contributed by atoms with E-state index in [9.17, 15) is 0 Å². The van der Waals surface area contributed by atoms with Crippen LogP contribution in [0.4, 0.5) is 0 Å². The second kappa shape index (κ2) is 16.8. The first-order valence-electron chi connectivity index (χ1n) is 12.3. The molecule has 0 spiro atoms. The first-order valence-corrected chi connectivity index (χ1v) is 12.3. The predicted octanol–water partition coefficient (Wildman–Crippen LogP) is 7.79. The zero-order valence-electron chi connectivity index (χ0n) is 19.9. The molecule has 0 radical (unpaired) electrons. The maximum atomic E-state index is 5.79. The molecule has 2 aromatic carbocycles. The van der Waals surface area contributed by atoms with Gasteiger partial charge in [0.05, 0.1) is 13.2 Å². The molecule has 0 N–H and O–H groups in total. The predicted molar refractivity (Wildman–Crippen MR) is 135 cm³/mol. The second-order valence-corrected chi connectivity index (χ2v) is 8.07. The van der Waals surface area contributed by atoms with Gasteiger partial charge in [0.1, 0.15) is 11.5 Å². The van der Waals surface area contributed by atoms with Gasteiger partial charge in [-0.2, -0.15) is 0 Å². The average molecular weight is 431 g/mol. The van der Waals surface area contributed by atoms with Crippen LogP contribution >= 0.6 is 0 Å². The fourth-order valence-electron chi connectivity index (χ4n) is 3.27. The Morgan fingerprint density at radius 1 is 0.500 bits per heavy atom. The van der Waals surface area contributed by atoms with Crippen molar-refractivity contribution in [3.05, 3.63) is 59.7 Å². The fourth-order valence-corrected chi connectivity index (χ4v) is 3.27. The molecule has 0 atom stereocenters. The van der Waals surface area contributed by atoms with Crippen LogP contribution in [0.15, 0.2) is 48.5 Å². The molecule has 0 aliphatic rings. The maximum Gasteiger partial charge on any atom is 0.119 e. The molecule has 0 aliphatic carbocycles. The number of benzene rings is 2. The summed E-state index contributed by atoms with van der Waals surface area (Å²) in [4.78, 5) is 0. The highest BCUT2D eigenvalue weighted by Gasteiger charge is 1.96. The lowest BCUT2D eigenvalue weighted by Crippen LogP contribution is -1.97. The Morgan fingerprint density at radius 3 is 1.25 bits per heavy atom. The number of ether oxygens (including phenoxy) is 2. The molecule has 2 nitrogen and oxygen atoms in total. The number of rotatable bonds is 14. The molecule has 0 aliphatic heterocycles. The van der Waals surface area contributed by atoms with Gasteiger partial charge in [0, 0.05) is 11.1 Å². The fraction of sp³-hybridized carbons (Fsp3) is 0.467. The van der Waals surface area contributed by atoms with Crippen LogP contribution in [0.3, 0.4) is 0 Å². The molecule has 0 aromatic heterocycles. The van der Waals surface area contributed by atoms with Gasteiger partial charge in [0.15, 0.2) is 0 Å². The summed E-state index contributed by atoms with van der Waals surface area (Å²) >= 11 is 0. The quantitative estimate of drug-likeness (QED) is 0.225. The molecule has 170 valence electrons. The van der Waals surface area contributed by atoms with E-state index in [0.717, 1.165) is 48.7 Å². The molecular formula is C30H38O2. The van der Waals surface area contributed by atoms with E-state index in [-0.39, 0.29) is 0 Å². The molecule has 2 heteroatoms. The van der Waals surface area contributed by atoms with Crippen molar-refractivity contribution in [1.29, 1.82) is 0 Å². The van der Waals surface area contributed by atoms with E-state index in [1.165, 1.54) is 51.4 Å². The van der Waals surface area contributed by atoms with Gasteiger partial charge >= 0.3 is 0 Å². The highest BCUT2D eigenvalue weighted by atomic mass is 16.5. The van der Waals surface area contributed by atoms with Crippen LogP contribution in [0.1, 0.15) is 89.2 Å². The molecule has 2 aromatic rings. The third-order valence-electron chi connectivity index (χ3n) is 5.22. The van der Waals surface area contributed by atoms with Crippen molar-refractivity contribution in [2.75, 3.05) is 13.2 Å². The SMILES string of the molecule is CCCCCCCOc1ccc(C#CC#Cc2ccc(OCCCCCCC)cc2)cc1. The molecule has 0 unspecified atom stereocenters. The van der Waals surface area contributed by atoms with Crippen LogP contribution < -0.4 is 9.47 Å². The molecule has 2 rings (SSSR count). The van der Waals surface area contributed by atoms with Gasteiger partial charge in [0.25, 0.3) is 0 Å². The Kier molecular flexibility index (Phi) is 13.3. The van der Waals surface area contributed by atoms with Crippen LogP contribution in [0.2, 0.25) is 0 Å². The molecule has 0 heterocycles. The van der Waals surface area contributed by atoms with Gasteiger partial charge in [-0.1, -0.05) is 77.1 Å². The van der Waals surface area contributed by atoms with Crippen LogP contribution in [0, 0.1) is 23.7 Å². The molecule has 0 fully saturated rings. The second-order valence-electron chi connectivity index (χ2n) is 8.07. The number of unbranched alkanes of at least 4 members (excludes halogenated alkanes) is 8. The normalized spacial score (nSPS) is 9.94. The van der Waals surface area contributed by atoms with Gasteiger partial charge in [-0.05, 0) is 73.2 Å². The van der Waals surface area contributed by atoms with Crippen molar-refractivity contribution >= 4 is 0 Å². The minimum absolute atomic E-state index is 0.781. The highest BCUT2D eigenvalue weighted by Crippen LogP contribution is 2.14. The monoisotopic (exact) mass is 430 g/mol. The van der Waals surface area contributed by atoms with Gasteiger partial charge in [-0.3, -0.25) is 0 Å². The summed E-state index contributed by atoms with van der Waals surface area (Å²) in [6.07, 6.45) is 12.5. The lowest BCUT2D eigenvalue weighted by atomic mass is 10.2. The summed E-state index contributed by atoms with van der Waals surface area (Å²) in [5, 5.41) is 0. The number of hydrogen-bond acceptors (Lipinski definition) is 2. The van der Waals surface area contributed by atoms with E-state index in [1.807, 2.05) is 48.5 Å². The van der Waals surface area contributed by atoms with Gasteiger partial charge in [-0.25, -0.2) is 0 Å². The van der Waals surface area contributed by atoms with E-state index in [2.05, 4.69) is 37.5 Å². The highest BCUT2D eigenvalue weighted by molar-refractivity contribution is 5.46. The van der Waals surface area contributed by atoms with Gasteiger partial charge < -0.3 is 9.47 Å². The van der Waals surface area contributed by atoms with Gasteiger partial charge in [-0.15, -0.1) is 0 Å². The lowest BCUT2D eigenvalue weighted by Gasteiger charge is -2.05. The first-order chi connectivity index (χ1) is 15.8. The molecule has 0 saturated carbocycles. The van der Waals surface area contributed by atoms with E-state index in [4.69, 9.17) is 9.47 Å². The Morgan fingerprint density at radius 2 is 0.875 bits per heavy atom. The maximum absolute atomic E-state index is 5.79. The Bertz CT molecular complexity index is 782. The standard InChI is InChI=1S/C30H38O2/c1-3-5-7-9-13-25-31-29-21-17-27(18-22-29)15-11-12-16-28-19-23-30(24-20-28)32-26-14-10-8-6-4-2/h17-24H,3-10,13-14,25-26H2,1-2H3. The zero-order chi connectivity index (χ0) is 22.7. The summed E-state index contributed by atoms with van der Waals surface area (Å²) < 4.78 is 11.6. The van der Waals surface area contributed by atoms with E-state index in [0.29, 0.717) is 0 Å². The summed E-state index contributed by atoms with van der Waals surface area (Å²) in [5.74, 6) is 13.8. The Labute approximate surface area is 195 Å². The molecule has 0 bridgehead atoms. The van der Waals surface area contributed by atoms with Crippen molar-refractivity contribution in [1.82, 2.24) is 0 Å². The van der Waals surface area contributed by atoms with Crippen LogP contribution in [0.25, 0.3) is 0 Å². The third-order valence-corrected chi connectivity index (χ3v) is 5.22.